The summed E-state index contributed by atoms with van der Waals surface area (Å²) in [5.74, 6) is -3.50. The summed E-state index contributed by atoms with van der Waals surface area (Å²) in [6.07, 6.45) is 0. The molecule has 0 spiro atoms. The van der Waals surface area contributed by atoms with E-state index >= 15 is 0 Å². The second-order valence-electron chi connectivity index (χ2n) is 5.75. The highest BCUT2D eigenvalue weighted by molar-refractivity contribution is 5.99. The van der Waals surface area contributed by atoms with Crippen molar-refractivity contribution in [3.8, 4) is 0 Å². The Hall–Kier alpha value is -4.39. The van der Waals surface area contributed by atoms with E-state index in [1.54, 1.807) is 12.1 Å². The molecule has 0 saturated heterocycles. The molecule has 0 saturated carbocycles. The second kappa shape index (κ2) is 9.89. The van der Waals surface area contributed by atoms with Gasteiger partial charge in [0.25, 0.3) is 5.91 Å². The van der Waals surface area contributed by atoms with E-state index in [2.05, 4.69) is 24.8 Å². The first-order chi connectivity index (χ1) is 14.7. The number of aromatic nitrogens is 4. The lowest BCUT2D eigenvalue weighted by Crippen LogP contribution is -2.16. The van der Waals surface area contributed by atoms with Crippen LogP contribution >= 0.6 is 0 Å². The van der Waals surface area contributed by atoms with Crippen LogP contribution in [0.2, 0.25) is 0 Å². The topological polar surface area (TPSA) is 202 Å². The van der Waals surface area contributed by atoms with Crippen molar-refractivity contribution in [2.75, 3.05) is 14.2 Å². The van der Waals surface area contributed by atoms with Gasteiger partial charge in [-0.05, 0) is 17.7 Å². The van der Waals surface area contributed by atoms with Gasteiger partial charge >= 0.3 is 17.9 Å². The Labute approximate surface area is 174 Å². The maximum Gasteiger partial charge on any atom is 0.356 e. The molecule has 0 atom stereocenters. The number of rotatable bonds is 5. The van der Waals surface area contributed by atoms with Gasteiger partial charge in [0, 0.05) is 12.6 Å². The Kier molecular flexibility index (Phi) is 7.30. The Morgan fingerprint density at radius 2 is 1.68 bits per heavy atom. The van der Waals surface area contributed by atoms with E-state index < -0.39 is 23.5 Å². The third-order valence-corrected chi connectivity index (χ3v) is 3.83. The van der Waals surface area contributed by atoms with E-state index in [0.717, 1.165) is 23.3 Å². The number of methoxy groups -OCH3 is 2. The number of ether oxygens (including phenoxy) is 2. The summed E-state index contributed by atoms with van der Waals surface area (Å²) in [7, 11) is 2.47. The second-order valence-corrected chi connectivity index (χ2v) is 5.75. The molecule has 0 unspecified atom stereocenters. The summed E-state index contributed by atoms with van der Waals surface area (Å²) >= 11 is 0. The highest BCUT2D eigenvalue weighted by atomic mass is 16.5. The molecule has 1 aromatic carbocycles. The summed E-state index contributed by atoms with van der Waals surface area (Å²) in [5, 5.41) is 15.9. The lowest BCUT2D eigenvalue weighted by Gasteiger charge is -2.03. The van der Waals surface area contributed by atoms with Crippen molar-refractivity contribution in [2.45, 2.75) is 6.54 Å². The standard InChI is InChI=1S/C9H7N5O5.C9H11NO2/c1-19-9(18)4-2-3(8(16)17)11-7-5(6(10)15)12-13-14(4)7;1-12-9(11)8-4-2-7(6-10)3-5-8/h2H,1H3,(H2,10,15)(H,16,17);2-5H,6,10H2,1H3. The SMILES string of the molecule is COC(=O)c1cc(C(=O)O)nc2c(C(N)=O)nnn12.COC(=O)c1ccc(CN)cc1. The minimum atomic E-state index is -1.38. The summed E-state index contributed by atoms with van der Waals surface area (Å²) in [4.78, 5) is 48.2. The number of amides is 1. The zero-order chi connectivity index (χ0) is 23.1. The predicted molar refractivity (Wildman–Crippen MR) is 103 cm³/mol. The predicted octanol–water partition coefficient (Wildman–Crippen LogP) is -0.360. The molecular formula is C18H18N6O7. The summed E-state index contributed by atoms with van der Waals surface area (Å²) < 4.78 is 9.91. The summed E-state index contributed by atoms with van der Waals surface area (Å²) in [6.45, 7) is 0.488. The van der Waals surface area contributed by atoms with E-state index in [1.807, 2.05) is 12.1 Å². The molecule has 1 amide bonds. The van der Waals surface area contributed by atoms with E-state index in [1.165, 1.54) is 7.11 Å². The van der Waals surface area contributed by atoms with Gasteiger partial charge in [-0.2, -0.15) is 4.52 Å². The lowest BCUT2D eigenvalue weighted by atomic mass is 10.1. The highest BCUT2D eigenvalue weighted by Crippen LogP contribution is 2.11. The number of carboxylic acids is 1. The van der Waals surface area contributed by atoms with Gasteiger partial charge < -0.3 is 26.0 Å². The van der Waals surface area contributed by atoms with Crippen molar-refractivity contribution in [3.63, 3.8) is 0 Å². The van der Waals surface area contributed by atoms with Gasteiger partial charge in [-0.15, -0.1) is 5.10 Å². The maximum absolute atomic E-state index is 11.5. The summed E-state index contributed by atoms with van der Waals surface area (Å²) in [6, 6.07) is 7.99. The Balaban J connectivity index is 0.000000245. The molecule has 0 radical (unpaired) electrons. The summed E-state index contributed by atoms with van der Waals surface area (Å²) in [5.41, 5.74) is 10.7. The fraction of sp³-hybridized carbons (Fsp3) is 0.167. The molecule has 2 aromatic heterocycles. The van der Waals surface area contributed by atoms with Crippen LogP contribution in [0.3, 0.4) is 0 Å². The molecule has 3 aromatic rings. The number of aromatic carboxylic acids is 1. The minimum absolute atomic E-state index is 0.229. The number of primary amides is 1. The number of hydrogen-bond acceptors (Lipinski definition) is 10. The fourth-order valence-corrected chi connectivity index (χ4v) is 2.29. The van der Waals surface area contributed by atoms with Gasteiger partial charge in [-0.1, -0.05) is 17.3 Å². The van der Waals surface area contributed by atoms with Crippen molar-refractivity contribution < 1.29 is 33.8 Å². The largest absolute Gasteiger partial charge is 0.477 e. The number of carbonyl (C=O) groups is 4. The van der Waals surface area contributed by atoms with Crippen LogP contribution in [0.5, 0.6) is 0 Å². The van der Waals surface area contributed by atoms with Crippen molar-refractivity contribution in [1.29, 1.82) is 0 Å². The van der Waals surface area contributed by atoms with Crippen molar-refractivity contribution in [1.82, 2.24) is 19.8 Å². The molecule has 2 heterocycles. The molecule has 0 aliphatic heterocycles. The highest BCUT2D eigenvalue weighted by Gasteiger charge is 2.22. The number of fused-ring (bicyclic) bond motifs is 1. The number of hydrogen-bond donors (Lipinski definition) is 3. The van der Waals surface area contributed by atoms with Crippen LogP contribution in [0, 0.1) is 0 Å². The van der Waals surface area contributed by atoms with E-state index in [-0.39, 0.29) is 23.0 Å². The number of benzene rings is 1. The van der Waals surface area contributed by atoms with Crippen LogP contribution in [-0.4, -0.2) is 63.0 Å². The van der Waals surface area contributed by atoms with E-state index in [0.29, 0.717) is 12.1 Å². The van der Waals surface area contributed by atoms with Gasteiger partial charge in [0.15, 0.2) is 22.7 Å². The molecule has 3 rings (SSSR count). The minimum Gasteiger partial charge on any atom is -0.477 e. The molecule has 0 aliphatic carbocycles. The van der Waals surface area contributed by atoms with Crippen molar-refractivity contribution in [3.05, 3.63) is 58.5 Å². The normalized spacial score (nSPS) is 10.0. The first kappa shape index (κ1) is 22.9. The number of carboxylic acid groups (broad SMARTS) is 1. The Bertz CT molecular complexity index is 1140. The van der Waals surface area contributed by atoms with E-state index in [4.69, 9.17) is 16.6 Å². The number of nitrogens with two attached hydrogens (primary N) is 2. The average molecular weight is 430 g/mol. The van der Waals surface area contributed by atoms with Crippen LogP contribution in [0.1, 0.15) is 47.4 Å². The van der Waals surface area contributed by atoms with Crippen LogP contribution in [-0.2, 0) is 16.0 Å². The van der Waals surface area contributed by atoms with Crippen LogP contribution < -0.4 is 11.5 Å². The first-order valence-corrected chi connectivity index (χ1v) is 8.48. The monoisotopic (exact) mass is 430 g/mol. The number of carbonyl (C=O) groups excluding carboxylic acids is 3. The number of esters is 2. The zero-order valence-corrected chi connectivity index (χ0v) is 16.4. The van der Waals surface area contributed by atoms with Crippen LogP contribution in [0.15, 0.2) is 30.3 Å². The van der Waals surface area contributed by atoms with E-state index in [9.17, 15) is 19.2 Å². The van der Waals surface area contributed by atoms with Crippen LogP contribution in [0.25, 0.3) is 5.65 Å². The van der Waals surface area contributed by atoms with Gasteiger partial charge in [-0.25, -0.2) is 19.4 Å². The van der Waals surface area contributed by atoms with Gasteiger partial charge in [0.2, 0.25) is 0 Å². The molecule has 5 N–H and O–H groups in total. The molecule has 162 valence electrons. The lowest BCUT2D eigenvalue weighted by molar-refractivity contribution is 0.0584. The maximum atomic E-state index is 11.5. The Morgan fingerprint density at radius 3 is 2.16 bits per heavy atom. The van der Waals surface area contributed by atoms with Gasteiger partial charge in [0.05, 0.1) is 19.8 Å². The van der Waals surface area contributed by atoms with Gasteiger partial charge in [-0.3, -0.25) is 4.79 Å². The quantitative estimate of drug-likeness (QED) is 0.446. The smallest absolute Gasteiger partial charge is 0.356 e. The van der Waals surface area contributed by atoms with Crippen molar-refractivity contribution in [2.24, 2.45) is 11.5 Å². The molecular weight excluding hydrogens is 412 g/mol. The third kappa shape index (κ3) is 5.16. The molecule has 0 bridgehead atoms. The average Bonchev–Trinajstić information content (AvgIpc) is 3.22. The van der Waals surface area contributed by atoms with Crippen LogP contribution in [0.4, 0.5) is 0 Å². The van der Waals surface area contributed by atoms with Gasteiger partial charge in [0.1, 0.15) is 0 Å². The number of nitrogens with zero attached hydrogens (tertiary/aromatic N) is 4. The first-order valence-electron chi connectivity index (χ1n) is 8.48. The Morgan fingerprint density at radius 1 is 1.06 bits per heavy atom. The molecule has 13 nitrogen and oxygen atoms in total. The zero-order valence-electron chi connectivity index (χ0n) is 16.4. The van der Waals surface area contributed by atoms with Crippen molar-refractivity contribution >= 4 is 29.5 Å². The third-order valence-electron chi connectivity index (χ3n) is 3.83. The molecule has 0 fully saturated rings. The molecule has 0 aliphatic rings. The molecule has 31 heavy (non-hydrogen) atoms. The fourth-order valence-electron chi connectivity index (χ4n) is 2.29. The molecule has 13 heteroatoms.